The molecule has 1 aliphatic rings. The predicted octanol–water partition coefficient (Wildman–Crippen LogP) is 4.42. The van der Waals surface area contributed by atoms with Crippen LogP contribution in [0.4, 0.5) is 4.39 Å². The van der Waals surface area contributed by atoms with Gasteiger partial charge >= 0.3 is 0 Å². The van der Waals surface area contributed by atoms with Gasteiger partial charge in [0.05, 0.1) is 0 Å². The Morgan fingerprint density at radius 1 is 1.21 bits per heavy atom. The first-order valence-corrected chi connectivity index (χ1v) is 8.26. The van der Waals surface area contributed by atoms with Crippen LogP contribution in [0.2, 0.25) is 5.02 Å². The maximum absolute atomic E-state index is 13.0. The van der Waals surface area contributed by atoms with Gasteiger partial charge in [-0.05, 0) is 60.9 Å². The Morgan fingerprint density at radius 2 is 1.96 bits per heavy atom. The molecule has 4 rings (SSSR count). The largest absolute Gasteiger partial charge is 0.361 e. The van der Waals surface area contributed by atoms with Crippen molar-refractivity contribution in [2.24, 2.45) is 0 Å². The third kappa shape index (κ3) is 2.67. The number of hydrogen-bond donors (Lipinski definition) is 2. The molecule has 3 aromatic rings. The van der Waals surface area contributed by atoms with Crippen LogP contribution in [0.5, 0.6) is 0 Å². The van der Waals surface area contributed by atoms with E-state index in [9.17, 15) is 9.18 Å². The molecule has 3 nitrogen and oxygen atoms in total. The van der Waals surface area contributed by atoms with E-state index in [4.69, 9.17) is 11.6 Å². The lowest BCUT2D eigenvalue weighted by molar-refractivity contribution is 0.0949. The fourth-order valence-corrected chi connectivity index (χ4v) is 3.35. The number of aromatic amines is 1. The van der Waals surface area contributed by atoms with Gasteiger partial charge in [0.2, 0.25) is 0 Å². The van der Waals surface area contributed by atoms with Crippen LogP contribution in [-0.4, -0.2) is 17.4 Å². The summed E-state index contributed by atoms with van der Waals surface area (Å²) < 4.78 is 13.0. The third-order valence-corrected chi connectivity index (χ3v) is 5.00. The lowest BCUT2D eigenvalue weighted by Gasteiger charge is -2.16. The molecular weight excluding hydrogens is 327 g/mol. The van der Waals surface area contributed by atoms with Crippen molar-refractivity contribution in [3.8, 4) is 0 Å². The fourth-order valence-electron chi connectivity index (χ4n) is 3.18. The molecule has 0 spiro atoms. The standard InChI is InChI=1S/C19H16ClFN2O/c20-13-3-6-17-15(9-13)16(10-22-17)19(7-8-19)11-23-18(24)12-1-4-14(21)5-2-12/h1-6,9-10,22H,7-8,11H2,(H,23,24). The highest BCUT2D eigenvalue weighted by Gasteiger charge is 2.45. The summed E-state index contributed by atoms with van der Waals surface area (Å²) in [7, 11) is 0. The number of halogens is 2. The molecule has 1 aliphatic carbocycles. The summed E-state index contributed by atoms with van der Waals surface area (Å²) in [4.78, 5) is 15.5. The highest BCUT2D eigenvalue weighted by molar-refractivity contribution is 6.31. The molecule has 0 atom stereocenters. The first-order chi connectivity index (χ1) is 11.6. The Hall–Kier alpha value is -2.33. The van der Waals surface area contributed by atoms with Crippen molar-refractivity contribution < 1.29 is 9.18 Å². The number of aromatic nitrogens is 1. The Labute approximate surface area is 143 Å². The van der Waals surface area contributed by atoms with Crippen molar-refractivity contribution in [1.29, 1.82) is 0 Å². The zero-order valence-electron chi connectivity index (χ0n) is 12.9. The van der Waals surface area contributed by atoms with E-state index in [0.29, 0.717) is 17.1 Å². The molecule has 122 valence electrons. The summed E-state index contributed by atoms with van der Waals surface area (Å²) in [6.45, 7) is 0.558. The van der Waals surface area contributed by atoms with Crippen molar-refractivity contribution in [3.63, 3.8) is 0 Å². The highest BCUT2D eigenvalue weighted by Crippen LogP contribution is 2.50. The molecule has 0 saturated heterocycles. The van der Waals surface area contributed by atoms with Crippen LogP contribution in [0.3, 0.4) is 0 Å². The Kier molecular flexibility index (Phi) is 3.57. The Morgan fingerprint density at radius 3 is 2.67 bits per heavy atom. The summed E-state index contributed by atoms with van der Waals surface area (Å²) in [6, 6.07) is 11.4. The molecule has 24 heavy (non-hydrogen) atoms. The van der Waals surface area contributed by atoms with Crippen LogP contribution < -0.4 is 5.32 Å². The van der Waals surface area contributed by atoms with Crippen LogP contribution in [0.15, 0.2) is 48.7 Å². The first-order valence-electron chi connectivity index (χ1n) is 7.88. The predicted molar refractivity (Wildman–Crippen MR) is 93.0 cm³/mol. The number of H-pyrrole nitrogens is 1. The molecule has 0 radical (unpaired) electrons. The number of rotatable bonds is 4. The summed E-state index contributed by atoms with van der Waals surface area (Å²) >= 11 is 6.12. The second kappa shape index (κ2) is 5.64. The molecule has 0 unspecified atom stereocenters. The molecule has 5 heteroatoms. The van der Waals surface area contributed by atoms with Crippen molar-refractivity contribution in [2.75, 3.05) is 6.54 Å². The summed E-state index contributed by atoms with van der Waals surface area (Å²) in [5, 5.41) is 4.79. The highest BCUT2D eigenvalue weighted by atomic mass is 35.5. The monoisotopic (exact) mass is 342 g/mol. The smallest absolute Gasteiger partial charge is 0.251 e. The van der Waals surface area contributed by atoms with Gasteiger partial charge in [0.1, 0.15) is 5.82 Å². The van der Waals surface area contributed by atoms with E-state index in [0.717, 1.165) is 23.7 Å². The normalized spacial score (nSPS) is 15.4. The molecule has 1 saturated carbocycles. The number of carbonyl (C=O) groups excluding carboxylic acids is 1. The van der Waals surface area contributed by atoms with Gasteiger partial charge < -0.3 is 10.3 Å². The zero-order valence-corrected chi connectivity index (χ0v) is 13.7. The average Bonchev–Trinajstić information content (AvgIpc) is 3.25. The number of amides is 1. The van der Waals surface area contributed by atoms with Crippen molar-refractivity contribution in [1.82, 2.24) is 10.3 Å². The zero-order chi connectivity index (χ0) is 16.7. The first kappa shape index (κ1) is 15.2. The molecule has 1 amide bonds. The topological polar surface area (TPSA) is 44.9 Å². The molecular formula is C19H16ClFN2O. The summed E-state index contributed by atoms with van der Waals surface area (Å²) in [6.07, 6.45) is 4.06. The van der Waals surface area contributed by atoms with Crippen molar-refractivity contribution >= 4 is 28.4 Å². The van der Waals surface area contributed by atoms with Crippen molar-refractivity contribution in [3.05, 3.63) is 70.6 Å². The second-order valence-corrected chi connectivity index (χ2v) is 6.80. The van der Waals surface area contributed by atoms with Gasteiger partial charge in [-0.3, -0.25) is 4.79 Å². The maximum atomic E-state index is 13.0. The lowest BCUT2D eigenvalue weighted by atomic mass is 9.95. The SMILES string of the molecule is O=C(NCC1(c2c[nH]c3ccc(Cl)cc23)CC1)c1ccc(F)cc1. The number of carbonyl (C=O) groups is 1. The summed E-state index contributed by atoms with van der Waals surface area (Å²) in [5.41, 5.74) is 2.66. The molecule has 0 bridgehead atoms. The lowest BCUT2D eigenvalue weighted by Crippen LogP contribution is -2.32. The molecule has 1 aromatic heterocycles. The van der Waals surface area contributed by atoms with Crippen molar-refractivity contribution in [2.45, 2.75) is 18.3 Å². The molecule has 2 aromatic carbocycles. The van der Waals surface area contributed by atoms with Gasteiger partial charge in [0.15, 0.2) is 0 Å². The molecule has 2 N–H and O–H groups in total. The minimum absolute atomic E-state index is 0.0430. The number of nitrogens with one attached hydrogen (secondary N) is 2. The van der Waals surface area contributed by atoms with E-state index in [-0.39, 0.29) is 17.1 Å². The van der Waals surface area contributed by atoms with Crippen LogP contribution in [0.25, 0.3) is 10.9 Å². The number of fused-ring (bicyclic) bond motifs is 1. The molecule has 1 heterocycles. The van der Waals surface area contributed by atoms with Crippen LogP contribution in [-0.2, 0) is 5.41 Å². The van der Waals surface area contributed by atoms with Gasteiger partial charge in [-0.15, -0.1) is 0 Å². The minimum Gasteiger partial charge on any atom is -0.361 e. The second-order valence-electron chi connectivity index (χ2n) is 6.36. The van der Waals surface area contributed by atoms with E-state index in [1.165, 1.54) is 29.8 Å². The molecule has 1 fully saturated rings. The van der Waals surface area contributed by atoms with E-state index in [2.05, 4.69) is 10.3 Å². The Balaban J connectivity index is 1.54. The fraction of sp³-hybridized carbons (Fsp3) is 0.211. The van der Waals surface area contributed by atoms with E-state index < -0.39 is 0 Å². The van der Waals surface area contributed by atoms with Crippen LogP contribution >= 0.6 is 11.6 Å². The molecule has 0 aliphatic heterocycles. The van der Waals surface area contributed by atoms with Gasteiger partial charge in [-0.1, -0.05) is 11.6 Å². The third-order valence-electron chi connectivity index (χ3n) is 4.76. The number of benzene rings is 2. The van der Waals surface area contributed by atoms with Crippen LogP contribution in [0, 0.1) is 5.82 Å². The Bertz CT molecular complexity index is 913. The number of hydrogen-bond acceptors (Lipinski definition) is 1. The van der Waals surface area contributed by atoms with E-state index in [1.54, 1.807) is 0 Å². The van der Waals surface area contributed by atoms with E-state index >= 15 is 0 Å². The quantitative estimate of drug-likeness (QED) is 0.724. The van der Waals surface area contributed by atoms with Gasteiger partial charge in [0, 0.05) is 39.6 Å². The van der Waals surface area contributed by atoms with Gasteiger partial charge in [-0.2, -0.15) is 0 Å². The van der Waals surface area contributed by atoms with E-state index in [1.807, 2.05) is 24.4 Å². The van der Waals surface area contributed by atoms with Gasteiger partial charge in [-0.25, -0.2) is 4.39 Å². The average molecular weight is 343 g/mol. The van der Waals surface area contributed by atoms with Gasteiger partial charge in [0.25, 0.3) is 5.91 Å². The minimum atomic E-state index is -0.346. The summed E-state index contributed by atoms with van der Waals surface area (Å²) in [5.74, 6) is -0.528. The maximum Gasteiger partial charge on any atom is 0.251 e. The van der Waals surface area contributed by atoms with Crippen LogP contribution in [0.1, 0.15) is 28.8 Å².